The fourth-order valence-corrected chi connectivity index (χ4v) is 1.62. The summed E-state index contributed by atoms with van der Waals surface area (Å²) >= 11 is 0. The highest BCUT2D eigenvalue weighted by molar-refractivity contribution is 6.15. The van der Waals surface area contributed by atoms with Gasteiger partial charge in [0.25, 0.3) is 0 Å². The summed E-state index contributed by atoms with van der Waals surface area (Å²) in [5, 5.41) is 8.11. The molecule has 0 aliphatic rings. The van der Waals surface area contributed by atoms with Gasteiger partial charge in [0.2, 0.25) is 0 Å². The van der Waals surface area contributed by atoms with E-state index >= 15 is 0 Å². The zero-order valence-corrected chi connectivity index (χ0v) is 9.72. The van der Waals surface area contributed by atoms with Gasteiger partial charge in [-0.05, 0) is 5.56 Å². The summed E-state index contributed by atoms with van der Waals surface area (Å²) in [5.41, 5.74) is 19.2. The molecule has 18 heavy (non-hydrogen) atoms. The van der Waals surface area contributed by atoms with Crippen molar-refractivity contribution in [1.29, 1.82) is 5.41 Å². The Labute approximate surface area is 104 Å². The number of nitrogens with two attached hydrogens (primary N) is 3. The van der Waals surface area contributed by atoms with E-state index in [1.54, 1.807) is 12.1 Å². The van der Waals surface area contributed by atoms with Crippen LogP contribution in [-0.4, -0.2) is 15.7 Å². The van der Waals surface area contributed by atoms with Gasteiger partial charge in [0.05, 0.1) is 11.3 Å². The Balaban J connectivity index is 2.41. The summed E-state index contributed by atoms with van der Waals surface area (Å²) in [6.45, 7) is 0.465. The fraction of sp³-hybridized carbons (Fsp3) is 0.0833. The second-order valence-electron chi connectivity index (χ2n) is 3.80. The van der Waals surface area contributed by atoms with Crippen LogP contribution in [0.25, 0.3) is 0 Å². The Morgan fingerprint density at radius 2 is 1.61 bits per heavy atom. The van der Waals surface area contributed by atoms with Gasteiger partial charge in [0, 0.05) is 12.1 Å². The van der Waals surface area contributed by atoms with Crippen molar-refractivity contribution in [3.05, 3.63) is 47.3 Å². The summed E-state index contributed by atoms with van der Waals surface area (Å²) in [5.74, 6) is 0.408. The minimum absolute atomic E-state index is 0.203. The fourth-order valence-electron chi connectivity index (χ4n) is 1.62. The molecule has 0 saturated heterocycles. The number of hydrogen-bond acceptors (Lipinski definition) is 6. The monoisotopic (exact) mass is 242 g/mol. The molecule has 2 aromatic rings. The molecule has 1 heterocycles. The number of benzene rings is 1. The van der Waals surface area contributed by atoms with E-state index in [1.165, 1.54) is 6.33 Å². The van der Waals surface area contributed by atoms with Crippen molar-refractivity contribution < 1.29 is 0 Å². The van der Waals surface area contributed by atoms with Crippen LogP contribution < -0.4 is 17.2 Å². The lowest BCUT2D eigenvalue weighted by atomic mass is 10.0. The SMILES string of the molecule is N=C(c1ccc(CN)cc1)c1c(N)ncnc1N. The number of hydrogen-bond donors (Lipinski definition) is 4. The van der Waals surface area contributed by atoms with Crippen molar-refractivity contribution in [2.45, 2.75) is 6.54 Å². The van der Waals surface area contributed by atoms with Crippen molar-refractivity contribution in [3.8, 4) is 0 Å². The number of nitrogens with zero attached hydrogens (tertiary/aromatic N) is 2. The van der Waals surface area contributed by atoms with Gasteiger partial charge < -0.3 is 17.2 Å². The van der Waals surface area contributed by atoms with Crippen LogP contribution >= 0.6 is 0 Å². The average molecular weight is 242 g/mol. The number of rotatable bonds is 3. The molecule has 0 aliphatic heterocycles. The Kier molecular flexibility index (Phi) is 3.20. The molecule has 1 aromatic heterocycles. The molecule has 0 amide bonds. The van der Waals surface area contributed by atoms with Gasteiger partial charge in [-0.2, -0.15) is 0 Å². The standard InChI is InChI=1S/C12H14N6/c13-5-7-1-3-8(4-2-7)10(14)9-11(15)17-6-18-12(9)16/h1-4,6,14H,5,13H2,(H4,15,16,17,18). The van der Waals surface area contributed by atoms with Gasteiger partial charge in [-0.25, -0.2) is 9.97 Å². The van der Waals surface area contributed by atoms with Gasteiger partial charge in [-0.1, -0.05) is 24.3 Å². The topological polar surface area (TPSA) is 128 Å². The summed E-state index contributed by atoms with van der Waals surface area (Å²) in [6.07, 6.45) is 1.28. The highest BCUT2D eigenvalue weighted by Crippen LogP contribution is 2.19. The predicted molar refractivity (Wildman–Crippen MR) is 71.1 cm³/mol. The van der Waals surface area contributed by atoms with Gasteiger partial charge in [0.1, 0.15) is 18.0 Å². The molecule has 0 saturated carbocycles. The molecular formula is C12H14N6. The van der Waals surface area contributed by atoms with Crippen LogP contribution in [0.5, 0.6) is 0 Å². The van der Waals surface area contributed by atoms with Crippen LogP contribution in [-0.2, 0) is 6.54 Å². The van der Waals surface area contributed by atoms with Gasteiger partial charge in [-0.15, -0.1) is 0 Å². The minimum atomic E-state index is 0.203. The average Bonchev–Trinajstić information content (AvgIpc) is 2.38. The highest BCUT2D eigenvalue weighted by atomic mass is 15.0. The van der Waals surface area contributed by atoms with E-state index in [4.69, 9.17) is 22.6 Å². The lowest BCUT2D eigenvalue weighted by Gasteiger charge is -2.09. The number of nitrogen functional groups attached to an aromatic ring is 2. The summed E-state index contributed by atoms with van der Waals surface area (Å²) in [7, 11) is 0. The van der Waals surface area contributed by atoms with Crippen LogP contribution in [0, 0.1) is 5.41 Å². The number of nitrogens with one attached hydrogen (secondary N) is 1. The Morgan fingerprint density at radius 1 is 1.06 bits per heavy atom. The summed E-state index contributed by atoms with van der Waals surface area (Å²) < 4.78 is 0. The van der Waals surface area contributed by atoms with Gasteiger partial charge in [0.15, 0.2) is 0 Å². The van der Waals surface area contributed by atoms with E-state index in [0.717, 1.165) is 5.56 Å². The first-order valence-corrected chi connectivity index (χ1v) is 5.37. The molecule has 92 valence electrons. The second-order valence-corrected chi connectivity index (χ2v) is 3.80. The third-order valence-electron chi connectivity index (χ3n) is 2.63. The normalized spacial score (nSPS) is 10.3. The maximum atomic E-state index is 8.11. The Morgan fingerprint density at radius 3 is 2.11 bits per heavy atom. The summed E-state index contributed by atoms with van der Waals surface area (Å²) in [6, 6.07) is 7.33. The largest absolute Gasteiger partial charge is 0.383 e. The van der Waals surface area contributed by atoms with Crippen molar-refractivity contribution in [2.75, 3.05) is 11.5 Å². The first-order chi connectivity index (χ1) is 8.63. The van der Waals surface area contributed by atoms with Gasteiger partial charge in [-0.3, -0.25) is 5.41 Å². The van der Waals surface area contributed by atoms with Gasteiger partial charge >= 0.3 is 0 Å². The minimum Gasteiger partial charge on any atom is -0.383 e. The smallest absolute Gasteiger partial charge is 0.138 e. The van der Waals surface area contributed by atoms with Crippen LogP contribution in [0.4, 0.5) is 11.6 Å². The first-order valence-electron chi connectivity index (χ1n) is 5.37. The molecule has 0 fully saturated rings. The molecule has 6 nitrogen and oxygen atoms in total. The van der Waals surface area contributed by atoms with Crippen LogP contribution in [0.15, 0.2) is 30.6 Å². The van der Waals surface area contributed by atoms with E-state index in [2.05, 4.69) is 9.97 Å². The molecule has 2 rings (SSSR count). The number of aromatic nitrogens is 2. The third kappa shape index (κ3) is 2.14. The van der Waals surface area contributed by atoms with Crippen LogP contribution in [0.1, 0.15) is 16.7 Å². The lowest BCUT2D eigenvalue weighted by Crippen LogP contribution is -2.12. The maximum absolute atomic E-state index is 8.11. The van der Waals surface area contributed by atoms with Crippen molar-refractivity contribution in [1.82, 2.24) is 9.97 Å². The predicted octanol–water partition coefficient (Wildman–Crippen LogP) is 0.516. The molecule has 0 radical (unpaired) electrons. The molecule has 0 unspecified atom stereocenters. The zero-order valence-electron chi connectivity index (χ0n) is 9.72. The second kappa shape index (κ2) is 4.80. The zero-order chi connectivity index (χ0) is 13.1. The molecule has 0 bridgehead atoms. The van der Waals surface area contributed by atoms with Crippen LogP contribution in [0.3, 0.4) is 0 Å². The molecule has 6 heteroatoms. The molecule has 1 aromatic carbocycles. The lowest BCUT2D eigenvalue weighted by molar-refractivity contribution is 1.07. The Hall–Kier alpha value is -2.47. The number of anilines is 2. The molecule has 0 atom stereocenters. The van der Waals surface area contributed by atoms with E-state index in [0.29, 0.717) is 17.7 Å². The molecular weight excluding hydrogens is 228 g/mol. The molecule has 0 aliphatic carbocycles. The van der Waals surface area contributed by atoms with Crippen molar-refractivity contribution in [3.63, 3.8) is 0 Å². The van der Waals surface area contributed by atoms with Crippen LogP contribution in [0.2, 0.25) is 0 Å². The van der Waals surface area contributed by atoms with Crippen molar-refractivity contribution >= 4 is 17.3 Å². The van der Waals surface area contributed by atoms with Crippen molar-refractivity contribution in [2.24, 2.45) is 5.73 Å². The highest BCUT2D eigenvalue weighted by Gasteiger charge is 2.13. The summed E-state index contributed by atoms with van der Waals surface area (Å²) in [4.78, 5) is 7.69. The quantitative estimate of drug-likeness (QED) is 0.583. The van der Waals surface area contributed by atoms with E-state index < -0.39 is 0 Å². The van der Waals surface area contributed by atoms with E-state index in [9.17, 15) is 0 Å². The van der Waals surface area contributed by atoms with E-state index in [-0.39, 0.29) is 17.3 Å². The first kappa shape index (κ1) is 12.0. The molecule has 0 spiro atoms. The Bertz CT molecular complexity index is 555. The maximum Gasteiger partial charge on any atom is 0.138 e. The third-order valence-corrected chi connectivity index (χ3v) is 2.63. The van der Waals surface area contributed by atoms with E-state index in [1.807, 2.05) is 12.1 Å². The molecule has 7 N–H and O–H groups in total.